The molecule has 6 nitrogen and oxygen atoms in total. The Kier molecular flexibility index (Phi) is 6.04. The van der Waals surface area contributed by atoms with E-state index in [1.165, 1.54) is 12.1 Å². The molecule has 0 spiro atoms. The number of carbonyl (C=O) groups is 2. The average molecular weight is 375 g/mol. The smallest absolute Gasteiger partial charge is 0.335 e. The normalized spacial score (nSPS) is 12.6. The summed E-state index contributed by atoms with van der Waals surface area (Å²) in [6.07, 6.45) is 0. The van der Waals surface area contributed by atoms with Crippen molar-refractivity contribution >= 4 is 17.7 Å². The van der Waals surface area contributed by atoms with Crippen molar-refractivity contribution in [1.29, 1.82) is 0 Å². The molecular weight excluding hydrogens is 354 g/mol. The minimum atomic E-state index is -1.06. The molecule has 0 heterocycles. The minimum Gasteiger partial charge on any atom is -0.478 e. The maximum atomic E-state index is 12.6. The van der Waals surface area contributed by atoms with E-state index in [1.807, 2.05) is 60.7 Å². The largest absolute Gasteiger partial charge is 0.478 e. The summed E-state index contributed by atoms with van der Waals surface area (Å²) in [6.45, 7) is 0. The Hall–Kier alpha value is -3.64. The first-order chi connectivity index (χ1) is 13.5. The van der Waals surface area contributed by atoms with E-state index in [1.54, 1.807) is 12.1 Å². The van der Waals surface area contributed by atoms with Gasteiger partial charge in [-0.25, -0.2) is 9.59 Å². The zero-order chi connectivity index (χ0) is 19.9. The number of carboxylic acid groups (broad SMARTS) is 1. The third-order valence-electron chi connectivity index (χ3n) is 4.36. The van der Waals surface area contributed by atoms with E-state index in [2.05, 4.69) is 10.6 Å². The van der Waals surface area contributed by atoms with Crippen LogP contribution in [0.1, 0.15) is 33.6 Å². The molecule has 0 aliphatic carbocycles. The Labute approximate surface area is 163 Å². The number of nitrogens with one attached hydrogen (secondary N) is 2. The van der Waals surface area contributed by atoms with Crippen molar-refractivity contribution in [3.8, 4) is 0 Å². The van der Waals surface area contributed by atoms with E-state index in [0.29, 0.717) is 5.69 Å². The van der Waals surface area contributed by atoms with E-state index < -0.39 is 24.1 Å². The van der Waals surface area contributed by atoms with Crippen molar-refractivity contribution in [1.82, 2.24) is 5.32 Å². The summed E-state index contributed by atoms with van der Waals surface area (Å²) in [5.74, 6) is -1.06. The zero-order valence-corrected chi connectivity index (χ0v) is 15.1. The van der Waals surface area contributed by atoms with Crippen LogP contribution in [0.2, 0.25) is 0 Å². The predicted octanol–water partition coefficient (Wildman–Crippen LogP) is 3.95. The third kappa shape index (κ3) is 4.75. The van der Waals surface area contributed by atoms with Gasteiger partial charge in [-0.05, 0) is 29.3 Å². The van der Waals surface area contributed by atoms with E-state index in [4.69, 9.17) is 10.8 Å². The van der Waals surface area contributed by atoms with Crippen LogP contribution in [0.4, 0.5) is 10.5 Å². The first kappa shape index (κ1) is 19.1. The van der Waals surface area contributed by atoms with E-state index >= 15 is 0 Å². The lowest BCUT2D eigenvalue weighted by Crippen LogP contribution is -2.38. The highest BCUT2D eigenvalue weighted by Crippen LogP contribution is 2.27. The molecule has 3 aromatic carbocycles. The maximum absolute atomic E-state index is 12.6. The van der Waals surface area contributed by atoms with Gasteiger partial charge in [0.05, 0.1) is 17.6 Å². The average Bonchev–Trinajstić information content (AvgIpc) is 2.73. The number of amides is 2. The second kappa shape index (κ2) is 8.83. The van der Waals surface area contributed by atoms with Crippen LogP contribution in [0.3, 0.4) is 0 Å². The summed E-state index contributed by atoms with van der Waals surface area (Å²) in [6, 6.07) is 23.7. The second-order valence-corrected chi connectivity index (χ2v) is 6.31. The summed E-state index contributed by atoms with van der Waals surface area (Å²) in [7, 11) is 0. The van der Waals surface area contributed by atoms with Crippen molar-refractivity contribution in [3.05, 3.63) is 102 Å². The van der Waals surface area contributed by atoms with Crippen LogP contribution in [0.5, 0.6) is 0 Å². The van der Waals surface area contributed by atoms with Gasteiger partial charge in [-0.1, -0.05) is 66.7 Å². The lowest BCUT2D eigenvalue weighted by Gasteiger charge is -2.26. The Morgan fingerprint density at radius 2 is 1.43 bits per heavy atom. The second-order valence-electron chi connectivity index (χ2n) is 6.31. The number of urea groups is 1. The van der Waals surface area contributed by atoms with Crippen LogP contribution in [0.15, 0.2) is 84.9 Å². The fourth-order valence-electron chi connectivity index (χ4n) is 2.95. The molecule has 0 bridgehead atoms. The molecule has 0 saturated carbocycles. The van der Waals surface area contributed by atoms with Gasteiger partial charge in [-0.3, -0.25) is 0 Å². The molecule has 3 aromatic rings. The number of carboxylic acids is 1. The first-order valence-electron chi connectivity index (χ1n) is 8.81. The molecule has 0 unspecified atom stereocenters. The van der Waals surface area contributed by atoms with Gasteiger partial charge in [-0.2, -0.15) is 0 Å². The van der Waals surface area contributed by atoms with Gasteiger partial charge >= 0.3 is 12.0 Å². The molecule has 3 rings (SSSR count). The van der Waals surface area contributed by atoms with Crippen LogP contribution < -0.4 is 16.4 Å². The van der Waals surface area contributed by atoms with Gasteiger partial charge in [0.2, 0.25) is 0 Å². The first-order valence-corrected chi connectivity index (χ1v) is 8.81. The molecule has 142 valence electrons. The molecule has 0 radical (unpaired) electrons. The van der Waals surface area contributed by atoms with Crippen molar-refractivity contribution < 1.29 is 14.7 Å². The fraction of sp³-hybridized carbons (Fsp3) is 0.0909. The van der Waals surface area contributed by atoms with Crippen molar-refractivity contribution in [2.45, 2.75) is 12.1 Å². The maximum Gasteiger partial charge on any atom is 0.335 e. The van der Waals surface area contributed by atoms with Gasteiger partial charge in [0.1, 0.15) is 0 Å². The van der Waals surface area contributed by atoms with Crippen LogP contribution in [-0.2, 0) is 0 Å². The molecule has 0 aliphatic heterocycles. The number of hydrogen-bond donors (Lipinski definition) is 4. The number of nitrogens with two attached hydrogens (primary N) is 1. The molecule has 0 aliphatic rings. The Balaban J connectivity index is 1.80. The monoisotopic (exact) mass is 375 g/mol. The lowest BCUT2D eigenvalue weighted by atomic mass is 9.94. The zero-order valence-electron chi connectivity index (χ0n) is 15.1. The van der Waals surface area contributed by atoms with Gasteiger partial charge in [0.15, 0.2) is 0 Å². The lowest BCUT2D eigenvalue weighted by molar-refractivity contribution is 0.0697. The van der Waals surface area contributed by atoms with E-state index in [0.717, 1.165) is 11.1 Å². The fourth-order valence-corrected chi connectivity index (χ4v) is 2.95. The van der Waals surface area contributed by atoms with Gasteiger partial charge in [0, 0.05) is 5.69 Å². The van der Waals surface area contributed by atoms with Crippen LogP contribution in [-0.4, -0.2) is 17.1 Å². The number of rotatable bonds is 6. The third-order valence-corrected chi connectivity index (χ3v) is 4.36. The highest BCUT2D eigenvalue weighted by molar-refractivity contribution is 5.93. The molecule has 5 N–H and O–H groups in total. The Morgan fingerprint density at radius 3 is 2.04 bits per heavy atom. The number of hydrogen-bond acceptors (Lipinski definition) is 3. The standard InChI is InChI=1S/C22H21N3O3/c23-19(15-8-3-1-4-9-15)20(16-10-5-2-6-11-16)25-22(28)24-18-13-7-12-17(14-18)21(26)27/h1-14,19-20H,23H2,(H,26,27)(H2,24,25,28)/t19-,20-/m0/s1. The molecular formula is C22H21N3O3. The topological polar surface area (TPSA) is 104 Å². The summed E-state index contributed by atoms with van der Waals surface area (Å²) in [4.78, 5) is 23.7. The molecule has 2 amide bonds. The van der Waals surface area contributed by atoms with Crippen LogP contribution >= 0.6 is 0 Å². The SMILES string of the molecule is N[C@@H](c1ccccc1)[C@@H](NC(=O)Nc1cccc(C(=O)O)c1)c1ccccc1. The van der Waals surface area contributed by atoms with Crippen LogP contribution in [0, 0.1) is 0 Å². The molecule has 28 heavy (non-hydrogen) atoms. The molecule has 6 heteroatoms. The Morgan fingerprint density at radius 1 is 0.821 bits per heavy atom. The molecule has 2 atom stereocenters. The van der Waals surface area contributed by atoms with Crippen LogP contribution in [0.25, 0.3) is 0 Å². The van der Waals surface area contributed by atoms with Crippen molar-refractivity contribution in [3.63, 3.8) is 0 Å². The summed E-state index contributed by atoms with van der Waals surface area (Å²) >= 11 is 0. The van der Waals surface area contributed by atoms with E-state index in [9.17, 15) is 9.59 Å². The molecule has 0 saturated heterocycles. The molecule has 0 fully saturated rings. The summed E-state index contributed by atoms with van der Waals surface area (Å²) in [5.41, 5.74) is 8.70. The quantitative estimate of drug-likeness (QED) is 0.524. The Bertz CT molecular complexity index is 946. The minimum absolute atomic E-state index is 0.0957. The number of carbonyl (C=O) groups excluding carboxylic acids is 1. The van der Waals surface area contributed by atoms with Crippen molar-refractivity contribution in [2.75, 3.05) is 5.32 Å². The van der Waals surface area contributed by atoms with Gasteiger partial charge < -0.3 is 21.5 Å². The van der Waals surface area contributed by atoms with Gasteiger partial charge in [0.25, 0.3) is 0 Å². The van der Waals surface area contributed by atoms with E-state index in [-0.39, 0.29) is 5.56 Å². The molecule has 0 aromatic heterocycles. The predicted molar refractivity (Wildman–Crippen MR) is 108 cm³/mol. The van der Waals surface area contributed by atoms with Crippen molar-refractivity contribution in [2.24, 2.45) is 5.73 Å². The summed E-state index contributed by atoms with van der Waals surface area (Å²) < 4.78 is 0. The number of aromatic carboxylic acids is 1. The highest BCUT2D eigenvalue weighted by Gasteiger charge is 2.23. The number of benzene rings is 3. The summed E-state index contributed by atoms with van der Waals surface area (Å²) in [5, 5.41) is 14.7. The van der Waals surface area contributed by atoms with Gasteiger partial charge in [-0.15, -0.1) is 0 Å². The number of anilines is 1. The highest BCUT2D eigenvalue weighted by atomic mass is 16.4.